The van der Waals surface area contributed by atoms with Gasteiger partial charge in [-0.2, -0.15) is 0 Å². The lowest BCUT2D eigenvalue weighted by molar-refractivity contribution is -0.414. The average molecular weight is 973 g/mol. The van der Waals surface area contributed by atoms with E-state index in [0.717, 1.165) is 13.8 Å². The van der Waals surface area contributed by atoms with E-state index < -0.39 is 136 Å². The van der Waals surface area contributed by atoms with Crippen LogP contribution in [-0.4, -0.2) is 207 Å². The van der Waals surface area contributed by atoms with E-state index in [-0.39, 0.29) is 38.1 Å². The maximum Gasteiger partial charge on any atom is 0.338 e. The zero-order valence-electron chi connectivity index (χ0n) is 38.4. The number of aliphatic hydroxyl groups is 3. The fourth-order valence-corrected chi connectivity index (χ4v) is 7.48. The molecule has 0 spiro atoms. The van der Waals surface area contributed by atoms with Crippen LogP contribution in [-0.2, 0) is 90.1 Å². The fraction of sp³-hybridized carbons (Fsp3) is 0.636. The zero-order chi connectivity index (χ0) is 49.2. The molecule has 24 heteroatoms. The maximum atomic E-state index is 13.9. The first kappa shape index (κ1) is 54.6. The molecule has 0 radical (unpaired) electrons. The number of rotatable bonds is 26. The smallest absolute Gasteiger partial charge is 0.338 e. The second-order valence-corrected chi connectivity index (χ2v) is 15.3. The van der Waals surface area contributed by atoms with Gasteiger partial charge in [-0.15, -0.1) is 0 Å². The van der Waals surface area contributed by atoms with Gasteiger partial charge in [0.15, 0.2) is 24.8 Å². The monoisotopic (exact) mass is 972 g/mol. The SMILES string of the molecule is COCOC[C@H]1O[C@@H](O[C@H]2[C@@H](O[C@]3(COC(C)=O)O[C@H](CO)[C@@H](O)[C@@H]3OC(=O)c3ccccc3)O[C@H](COC(C)=O)[C@@H](OC(=O)c3ccccc3)[C@@H]2OCOC)[C@H](O)[C@@H](OCOC)[C@@H]1OCOC. The first-order chi connectivity index (χ1) is 32.8. The van der Waals surface area contributed by atoms with Crippen molar-refractivity contribution in [2.75, 3.05) is 82.0 Å². The molecule has 3 fully saturated rings. The lowest BCUT2D eigenvalue weighted by Gasteiger charge is -2.50. The molecule has 3 aliphatic rings. The molecule has 68 heavy (non-hydrogen) atoms. The Bertz CT molecular complexity index is 1840. The van der Waals surface area contributed by atoms with Crippen LogP contribution in [0.4, 0.5) is 0 Å². The van der Waals surface area contributed by atoms with Gasteiger partial charge in [0, 0.05) is 42.3 Å². The molecule has 3 N–H and O–H groups in total. The lowest BCUT2D eigenvalue weighted by atomic mass is 9.96. The third-order valence-corrected chi connectivity index (χ3v) is 10.5. The van der Waals surface area contributed by atoms with Crippen LogP contribution in [0, 0.1) is 0 Å². The summed E-state index contributed by atoms with van der Waals surface area (Å²) in [6, 6.07) is 15.5. The summed E-state index contributed by atoms with van der Waals surface area (Å²) in [5.74, 6) is -6.09. The van der Waals surface area contributed by atoms with E-state index in [9.17, 15) is 34.5 Å². The van der Waals surface area contributed by atoms with Crippen LogP contribution < -0.4 is 0 Å². The van der Waals surface area contributed by atoms with Gasteiger partial charge in [-0.05, 0) is 24.3 Å². The minimum atomic E-state index is -2.56. The summed E-state index contributed by atoms with van der Waals surface area (Å²) in [5.41, 5.74) is 0.128. The number of aliphatic hydroxyl groups excluding tert-OH is 3. The van der Waals surface area contributed by atoms with Crippen LogP contribution in [0.15, 0.2) is 60.7 Å². The maximum absolute atomic E-state index is 13.9. The number of carbonyl (C=O) groups excluding carboxylic acids is 4. The minimum Gasteiger partial charge on any atom is -0.463 e. The molecular weight excluding hydrogens is 912 g/mol. The molecule has 2 aromatic carbocycles. The molecule has 0 aromatic heterocycles. The summed E-state index contributed by atoms with van der Waals surface area (Å²) in [5, 5.41) is 34.1. The molecule has 3 saturated heterocycles. The summed E-state index contributed by atoms with van der Waals surface area (Å²) in [6.45, 7) is -1.81. The van der Waals surface area contributed by atoms with Crippen LogP contribution in [0.5, 0.6) is 0 Å². The van der Waals surface area contributed by atoms with Gasteiger partial charge in [-0.1, -0.05) is 36.4 Å². The van der Waals surface area contributed by atoms with Crippen LogP contribution >= 0.6 is 0 Å². The van der Waals surface area contributed by atoms with Gasteiger partial charge in [-0.25, -0.2) is 9.59 Å². The highest BCUT2D eigenvalue weighted by Gasteiger charge is 2.63. The molecule has 0 saturated carbocycles. The number of hydrogen-bond donors (Lipinski definition) is 3. The molecule has 0 unspecified atom stereocenters. The van der Waals surface area contributed by atoms with E-state index in [1.54, 1.807) is 36.4 Å². The molecule has 0 aliphatic carbocycles. The van der Waals surface area contributed by atoms with E-state index in [0.29, 0.717) is 0 Å². The molecular formula is C44H60O24. The Kier molecular flexibility index (Phi) is 21.8. The van der Waals surface area contributed by atoms with Crippen LogP contribution in [0.3, 0.4) is 0 Å². The van der Waals surface area contributed by atoms with E-state index in [1.165, 1.54) is 52.7 Å². The predicted molar refractivity (Wildman–Crippen MR) is 223 cm³/mol. The third kappa shape index (κ3) is 14.4. The summed E-state index contributed by atoms with van der Waals surface area (Å²) in [6.07, 6.45) is -20.9. The van der Waals surface area contributed by atoms with Gasteiger partial charge in [0.25, 0.3) is 0 Å². The molecule has 3 aliphatic heterocycles. The Hall–Kier alpha value is -4.32. The highest BCUT2D eigenvalue weighted by Crippen LogP contribution is 2.41. The van der Waals surface area contributed by atoms with Crippen molar-refractivity contribution in [2.24, 2.45) is 0 Å². The van der Waals surface area contributed by atoms with E-state index in [1.807, 2.05) is 0 Å². The van der Waals surface area contributed by atoms with E-state index >= 15 is 0 Å². The van der Waals surface area contributed by atoms with Crippen molar-refractivity contribution in [3.05, 3.63) is 71.8 Å². The van der Waals surface area contributed by atoms with Crippen molar-refractivity contribution >= 4 is 23.9 Å². The van der Waals surface area contributed by atoms with Gasteiger partial charge in [0.1, 0.15) is 95.3 Å². The van der Waals surface area contributed by atoms with Gasteiger partial charge in [-0.3, -0.25) is 9.59 Å². The molecule has 24 nitrogen and oxygen atoms in total. The first-order valence-corrected chi connectivity index (χ1v) is 21.3. The predicted octanol–water partition coefficient (Wildman–Crippen LogP) is -0.188. The molecule has 0 bridgehead atoms. The van der Waals surface area contributed by atoms with Gasteiger partial charge >= 0.3 is 23.9 Å². The number of carbonyl (C=O) groups is 4. The molecule has 14 atom stereocenters. The van der Waals surface area contributed by atoms with Crippen LogP contribution in [0.1, 0.15) is 34.6 Å². The zero-order valence-corrected chi connectivity index (χ0v) is 38.4. The summed E-state index contributed by atoms with van der Waals surface area (Å²) < 4.78 is 99.3. The second-order valence-electron chi connectivity index (χ2n) is 15.3. The molecule has 380 valence electrons. The van der Waals surface area contributed by atoms with Gasteiger partial charge in [0.05, 0.1) is 24.3 Å². The number of benzene rings is 2. The summed E-state index contributed by atoms with van der Waals surface area (Å²) in [7, 11) is 5.43. The Morgan fingerprint density at radius 2 is 1.12 bits per heavy atom. The van der Waals surface area contributed by atoms with E-state index in [4.69, 9.17) is 80.5 Å². The quantitative estimate of drug-likeness (QED) is 0.0477. The van der Waals surface area contributed by atoms with Crippen LogP contribution in [0.2, 0.25) is 0 Å². The topological polar surface area (TPSA) is 286 Å². The van der Waals surface area contributed by atoms with Crippen LogP contribution in [0.25, 0.3) is 0 Å². The number of esters is 4. The number of methoxy groups -OCH3 is 4. The highest BCUT2D eigenvalue weighted by molar-refractivity contribution is 5.90. The summed E-state index contributed by atoms with van der Waals surface area (Å²) in [4.78, 5) is 52.4. The van der Waals surface area contributed by atoms with Crippen molar-refractivity contribution in [3.63, 3.8) is 0 Å². The van der Waals surface area contributed by atoms with Crippen molar-refractivity contribution < 1.29 is 115 Å². The Labute approximate surface area is 391 Å². The number of hydrogen-bond acceptors (Lipinski definition) is 24. The normalized spacial score (nSPS) is 31.5. The van der Waals surface area contributed by atoms with Crippen molar-refractivity contribution in [2.45, 2.75) is 99.4 Å². The standard InChI is InChI=1S/C44H60O24/c1-25(46)57-19-31-35(64-40(50)27-13-9-7-10-14-27)37(61-24-55-6)38(65-42-33(49)36(60-23-54-5)34(59-22-53-4)30(62-42)18-56-21-52-3)43(63-31)68-44(20-58-26(2)47)39(32(48)29(17-45)67-44)66-41(51)28-15-11-8-12-16-28/h7-16,29-39,42-43,45,48-49H,17-24H2,1-6H3/t29-,30-,31-,32-,33-,34-,35-,36-,37+,38-,39+,42+,43-,44+/m1/s1. The highest BCUT2D eigenvalue weighted by atomic mass is 16.8. The molecule has 5 rings (SSSR count). The molecule has 0 amide bonds. The minimum absolute atomic E-state index is 0.0340. The van der Waals surface area contributed by atoms with Crippen molar-refractivity contribution in [1.29, 1.82) is 0 Å². The van der Waals surface area contributed by atoms with Crippen molar-refractivity contribution in [1.82, 2.24) is 0 Å². The lowest BCUT2D eigenvalue weighted by Crippen LogP contribution is -2.68. The third-order valence-electron chi connectivity index (χ3n) is 10.5. The average Bonchev–Trinajstić information content (AvgIpc) is 3.59. The van der Waals surface area contributed by atoms with Gasteiger partial charge in [0.2, 0.25) is 5.79 Å². The first-order valence-electron chi connectivity index (χ1n) is 21.3. The number of ether oxygens (including phenoxy) is 17. The summed E-state index contributed by atoms with van der Waals surface area (Å²) >= 11 is 0. The van der Waals surface area contributed by atoms with Crippen molar-refractivity contribution in [3.8, 4) is 0 Å². The van der Waals surface area contributed by atoms with E-state index in [2.05, 4.69) is 0 Å². The largest absolute Gasteiger partial charge is 0.463 e. The Morgan fingerprint density at radius 3 is 1.68 bits per heavy atom. The fourth-order valence-electron chi connectivity index (χ4n) is 7.48. The Morgan fingerprint density at radius 1 is 0.588 bits per heavy atom. The molecule has 2 aromatic rings. The van der Waals surface area contributed by atoms with Gasteiger partial charge < -0.3 is 95.8 Å². The Balaban J connectivity index is 1.67. The second kappa shape index (κ2) is 27.2. The molecule has 3 heterocycles.